The van der Waals surface area contributed by atoms with Crippen LogP contribution in [0.2, 0.25) is 0 Å². The van der Waals surface area contributed by atoms with Gasteiger partial charge in [0.15, 0.2) is 0 Å². The van der Waals surface area contributed by atoms with Gasteiger partial charge in [0.2, 0.25) is 0 Å². The predicted molar refractivity (Wildman–Crippen MR) is 54.3 cm³/mol. The maximum Gasteiger partial charge on any atom is 0.322 e. The molecule has 0 saturated carbocycles. The molecule has 0 radical (unpaired) electrons. The number of nitrogens with zero attached hydrogens (tertiary/aromatic N) is 2. The fraction of sp³-hybridized carbons (Fsp3) is 0.0909. The van der Waals surface area contributed by atoms with E-state index in [0.717, 1.165) is 5.82 Å². The van der Waals surface area contributed by atoms with Crippen molar-refractivity contribution in [2.45, 2.75) is 0 Å². The highest BCUT2D eigenvalue weighted by Gasteiger charge is 2.06. The molecule has 0 unspecified atom stereocenters. The second kappa shape index (κ2) is 2.98. The number of hydrogen-bond acceptors (Lipinski definition) is 1. The van der Waals surface area contributed by atoms with Gasteiger partial charge in [-0.2, -0.15) is 0 Å². The summed E-state index contributed by atoms with van der Waals surface area (Å²) in [5.41, 5.74) is 1.17. The van der Waals surface area contributed by atoms with Crippen molar-refractivity contribution in [2.24, 2.45) is 12.0 Å². The van der Waals surface area contributed by atoms with E-state index in [1.165, 1.54) is 10.9 Å². The standard InChI is InChI=1S/C11H11N2/c1-12-11-8-7-9-5-3-4-6-10(9)13(11)2/h3-8H,1H2,2H3/q+1. The normalized spacial score (nSPS) is 10.2. The van der Waals surface area contributed by atoms with Crippen molar-refractivity contribution in [1.29, 1.82) is 0 Å². The smallest absolute Gasteiger partial charge is 0.226 e. The molecule has 2 heteroatoms. The van der Waals surface area contributed by atoms with Crippen LogP contribution in [-0.2, 0) is 7.05 Å². The summed E-state index contributed by atoms with van der Waals surface area (Å²) in [5.74, 6) is 0.888. The SMILES string of the molecule is C=Nc1ccc2ccccc2[n+]1C. The quantitative estimate of drug-likeness (QED) is 0.461. The molecule has 64 valence electrons. The Bertz CT molecular complexity index is 461. The molecule has 0 amide bonds. The van der Waals surface area contributed by atoms with E-state index >= 15 is 0 Å². The number of aryl methyl sites for hydroxylation is 1. The zero-order valence-corrected chi connectivity index (χ0v) is 7.57. The third-order valence-corrected chi connectivity index (χ3v) is 2.22. The monoisotopic (exact) mass is 171 g/mol. The molecule has 1 aromatic heterocycles. The van der Waals surface area contributed by atoms with Crippen LogP contribution in [0.4, 0.5) is 5.82 Å². The number of benzene rings is 1. The predicted octanol–water partition coefficient (Wildman–Crippen LogP) is 2.00. The number of aliphatic imine (C=N–C) groups is 1. The first-order chi connectivity index (χ1) is 6.33. The lowest BCUT2D eigenvalue weighted by Gasteiger charge is -1.99. The zero-order chi connectivity index (χ0) is 9.26. The molecule has 0 saturated heterocycles. The van der Waals surface area contributed by atoms with Gasteiger partial charge in [0.1, 0.15) is 12.2 Å². The molecule has 0 aliphatic heterocycles. The Morgan fingerprint density at radius 3 is 2.69 bits per heavy atom. The molecule has 2 nitrogen and oxygen atoms in total. The minimum Gasteiger partial charge on any atom is -0.226 e. The largest absolute Gasteiger partial charge is 0.322 e. The summed E-state index contributed by atoms with van der Waals surface area (Å²) in [4.78, 5) is 3.93. The second-order valence-electron chi connectivity index (χ2n) is 2.97. The van der Waals surface area contributed by atoms with Crippen LogP contribution in [0, 0.1) is 0 Å². The number of pyridine rings is 1. The van der Waals surface area contributed by atoms with Crippen LogP contribution in [0.25, 0.3) is 10.9 Å². The van der Waals surface area contributed by atoms with Crippen molar-refractivity contribution < 1.29 is 4.57 Å². The molecule has 0 spiro atoms. The highest BCUT2D eigenvalue weighted by molar-refractivity contribution is 5.76. The second-order valence-corrected chi connectivity index (χ2v) is 2.97. The fourth-order valence-corrected chi connectivity index (χ4v) is 1.49. The van der Waals surface area contributed by atoms with Gasteiger partial charge in [-0.25, -0.2) is 4.57 Å². The Kier molecular flexibility index (Phi) is 1.81. The topological polar surface area (TPSA) is 16.2 Å². The number of rotatable bonds is 1. The summed E-state index contributed by atoms with van der Waals surface area (Å²) in [6, 6.07) is 12.2. The molecule has 0 N–H and O–H groups in total. The number of hydrogen-bond donors (Lipinski definition) is 0. The third kappa shape index (κ3) is 1.20. The minimum atomic E-state index is 0.888. The van der Waals surface area contributed by atoms with Crippen LogP contribution < -0.4 is 4.57 Å². The number of para-hydroxylation sites is 1. The van der Waals surface area contributed by atoms with E-state index in [1.807, 2.05) is 29.8 Å². The summed E-state index contributed by atoms with van der Waals surface area (Å²) in [5, 5.41) is 1.22. The molecule has 2 aromatic rings. The first-order valence-corrected chi connectivity index (χ1v) is 4.17. The van der Waals surface area contributed by atoms with Gasteiger partial charge in [0.25, 0.3) is 0 Å². The Labute approximate surface area is 77.2 Å². The maximum atomic E-state index is 3.93. The van der Waals surface area contributed by atoms with E-state index in [-0.39, 0.29) is 0 Å². The number of fused-ring (bicyclic) bond motifs is 1. The van der Waals surface area contributed by atoms with Crippen LogP contribution in [0.3, 0.4) is 0 Å². The molecule has 0 fully saturated rings. The van der Waals surface area contributed by atoms with E-state index in [2.05, 4.69) is 29.9 Å². The summed E-state index contributed by atoms with van der Waals surface area (Å²) in [6.07, 6.45) is 0. The lowest BCUT2D eigenvalue weighted by Crippen LogP contribution is -2.28. The van der Waals surface area contributed by atoms with Crippen molar-refractivity contribution in [3.63, 3.8) is 0 Å². The third-order valence-electron chi connectivity index (χ3n) is 2.22. The van der Waals surface area contributed by atoms with Gasteiger partial charge in [-0.1, -0.05) is 23.2 Å². The highest BCUT2D eigenvalue weighted by atomic mass is 15.0. The highest BCUT2D eigenvalue weighted by Crippen LogP contribution is 2.13. The minimum absolute atomic E-state index is 0.888. The Morgan fingerprint density at radius 2 is 1.92 bits per heavy atom. The van der Waals surface area contributed by atoms with E-state index in [1.54, 1.807) is 0 Å². The summed E-state index contributed by atoms with van der Waals surface area (Å²) >= 11 is 0. The van der Waals surface area contributed by atoms with Crippen molar-refractivity contribution >= 4 is 23.4 Å². The van der Waals surface area contributed by atoms with Gasteiger partial charge in [0, 0.05) is 11.5 Å². The molecule has 0 bridgehead atoms. The zero-order valence-electron chi connectivity index (χ0n) is 7.57. The van der Waals surface area contributed by atoms with Gasteiger partial charge in [0.05, 0.1) is 7.05 Å². The Balaban J connectivity index is 2.86. The van der Waals surface area contributed by atoms with E-state index in [4.69, 9.17) is 0 Å². The van der Waals surface area contributed by atoms with Gasteiger partial charge in [-0.05, 0) is 12.1 Å². The molecular formula is C11H11N2+. The molecule has 0 aliphatic carbocycles. The van der Waals surface area contributed by atoms with Crippen molar-refractivity contribution in [2.75, 3.05) is 0 Å². The Morgan fingerprint density at radius 1 is 1.15 bits per heavy atom. The molecule has 1 heterocycles. The maximum absolute atomic E-state index is 3.93. The summed E-state index contributed by atoms with van der Waals surface area (Å²) in [7, 11) is 1.99. The average molecular weight is 171 g/mol. The van der Waals surface area contributed by atoms with Crippen molar-refractivity contribution in [3.05, 3.63) is 36.4 Å². The first kappa shape index (κ1) is 7.92. The molecule has 2 rings (SSSR count). The van der Waals surface area contributed by atoms with E-state index in [0.29, 0.717) is 0 Å². The lowest BCUT2D eigenvalue weighted by atomic mass is 10.2. The molecule has 13 heavy (non-hydrogen) atoms. The van der Waals surface area contributed by atoms with Crippen LogP contribution in [0.5, 0.6) is 0 Å². The van der Waals surface area contributed by atoms with E-state index in [9.17, 15) is 0 Å². The van der Waals surface area contributed by atoms with Crippen molar-refractivity contribution in [1.82, 2.24) is 0 Å². The molecular weight excluding hydrogens is 160 g/mol. The van der Waals surface area contributed by atoms with E-state index < -0.39 is 0 Å². The van der Waals surface area contributed by atoms with Gasteiger partial charge < -0.3 is 0 Å². The molecule has 0 atom stereocenters. The fourth-order valence-electron chi connectivity index (χ4n) is 1.49. The molecule has 1 aromatic carbocycles. The van der Waals surface area contributed by atoms with Crippen LogP contribution in [-0.4, -0.2) is 6.72 Å². The van der Waals surface area contributed by atoms with Gasteiger partial charge in [-0.15, -0.1) is 0 Å². The lowest BCUT2D eigenvalue weighted by molar-refractivity contribution is -0.631. The van der Waals surface area contributed by atoms with Gasteiger partial charge in [-0.3, -0.25) is 0 Å². The summed E-state index contributed by atoms with van der Waals surface area (Å²) in [6.45, 7) is 3.53. The van der Waals surface area contributed by atoms with Crippen LogP contribution in [0.15, 0.2) is 41.4 Å². The van der Waals surface area contributed by atoms with Gasteiger partial charge >= 0.3 is 5.82 Å². The first-order valence-electron chi connectivity index (χ1n) is 4.17. The van der Waals surface area contributed by atoms with Crippen LogP contribution in [0.1, 0.15) is 0 Å². The average Bonchev–Trinajstić information content (AvgIpc) is 2.19. The molecule has 0 aliphatic rings. The summed E-state index contributed by atoms with van der Waals surface area (Å²) < 4.78 is 2.03. The Hall–Kier alpha value is -1.70. The van der Waals surface area contributed by atoms with Crippen molar-refractivity contribution in [3.8, 4) is 0 Å². The number of aromatic nitrogens is 1. The van der Waals surface area contributed by atoms with Crippen LogP contribution >= 0.6 is 0 Å².